The summed E-state index contributed by atoms with van der Waals surface area (Å²) in [4.78, 5) is 18.5. The highest BCUT2D eigenvalue weighted by Gasteiger charge is 2.09. The second kappa shape index (κ2) is 6.45. The lowest BCUT2D eigenvalue weighted by atomic mass is 10.2. The molecule has 1 aromatic carbocycles. The van der Waals surface area contributed by atoms with Crippen molar-refractivity contribution in [2.24, 2.45) is 0 Å². The number of imidazole rings is 1. The van der Waals surface area contributed by atoms with Crippen LogP contribution >= 0.6 is 11.6 Å². The molecule has 8 heteroatoms. The molecule has 2 aromatic heterocycles. The minimum Gasteiger partial charge on any atom is -0.380 e. The fourth-order valence-corrected chi connectivity index (χ4v) is 2.27. The van der Waals surface area contributed by atoms with Crippen LogP contribution in [-0.4, -0.2) is 19.5 Å². The fourth-order valence-electron chi connectivity index (χ4n) is 2.03. The molecular weight excluding hydrogens is 318 g/mol. The maximum absolute atomic E-state index is 10.7. The van der Waals surface area contributed by atoms with Gasteiger partial charge in [0, 0.05) is 37.3 Å². The van der Waals surface area contributed by atoms with E-state index in [-0.39, 0.29) is 5.69 Å². The van der Waals surface area contributed by atoms with Crippen LogP contribution in [0.1, 0.15) is 5.56 Å². The number of nitro groups is 1. The Bertz CT molecular complexity index is 818. The summed E-state index contributed by atoms with van der Waals surface area (Å²) in [6, 6.07) is 8.15. The van der Waals surface area contributed by atoms with Crippen LogP contribution in [-0.2, 0) is 6.54 Å². The minimum atomic E-state index is -0.478. The van der Waals surface area contributed by atoms with Gasteiger partial charge in [-0.1, -0.05) is 17.7 Å². The Balaban J connectivity index is 1.67. The molecule has 2 heterocycles. The number of nitrogens with zero attached hydrogens (tertiary/aromatic N) is 4. The van der Waals surface area contributed by atoms with Crippen molar-refractivity contribution in [3.05, 3.63) is 76.0 Å². The summed E-state index contributed by atoms with van der Waals surface area (Å²) in [5.74, 6) is 0.777. The van der Waals surface area contributed by atoms with Gasteiger partial charge in [0.2, 0.25) is 0 Å². The zero-order valence-electron chi connectivity index (χ0n) is 11.9. The first-order valence-electron chi connectivity index (χ1n) is 6.74. The SMILES string of the molecule is O=[N+]([O-])c1ccc(NCc2ccc(-n3ccnc3)nc2)c(Cl)c1. The van der Waals surface area contributed by atoms with Gasteiger partial charge in [0.25, 0.3) is 5.69 Å². The number of benzene rings is 1. The highest BCUT2D eigenvalue weighted by molar-refractivity contribution is 6.33. The third kappa shape index (κ3) is 3.46. The van der Waals surface area contributed by atoms with E-state index >= 15 is 0 Å². The van der Waals surface area contributed by atoms with Crippen LogP contribution in [0.15, 0.2) is 55.2 Å². The zero-order chi connectivity index (χ0) is 16.2. The molecule has 0 saturated heterocycles. The summed E-state index contributed by atoms with van der Waals surface area (Å²) >= 11 is 6.04. The largest absolute Gasteiger partial charge is 0.380 e. The number of anilines is 1. The molecule has 0 saturated carbocycles. The number of aromatic nitrogens is 3. The number of halogens is 1. The quantitative estimate of drug-likeness (QED) is 0.572. The summed E-state index contributed by atoms with van der Waals surface area (Å²) < 4.78 is 1.81. The van der Waals surface area contributed by atoms with Crippen molar-refractivity contribution in [1.29, 1.82) is 0 Å². The van der Waals surface area contributed by atoms with E-state index in [0.717, 1.165) is 11.4 Å². The minimum absolute atomic E-state index is 0.0353. The van der Waals surface area contributed by atoms with Crippen LogP contribution in [0.3, 0.4) is 0 Å². The first-order chi connectivity index (χ1) is 11.1. The van der Waals surface area contributed by atoms with E-state index in [1.54, 1.807) is 24.8 Å². The molecule has 3 rings (SSSR count). The number of rotatable bonds is 5. The van der Waals surface area contributed by atoms with E-state index in [9.17, 15) is 10.1 Å². The van der Waals surface area contributed by atoms with Gasteiger partial charge in [0.15, 0.2) is 0 Å². The number of hydrogen-bond acceptors (Lipinski definition) is 5. The van der Waals surface area contributed by atoms with Gasteiger partial charge < -0.3 is 5.32 Å². The van der Waals surface area contributed by atoms with Crippen molar-refractivity contribution in [2.75, 3.05) is 5.32 Å². The van der Waals surface area contributed by atoms with Crippen molar-refractivity contribution in [1.82, 2.24) is 14.5 Å². The van der Waals surface area contributed by atoms with Crippen molar-refractivity contribution < 1.29 is 4.92 Å². The first-order valence-corrected chi connectivity index (χ1v) is 7.12. The molecule has 0 radical (unpaired) electrons. The summed E-state index contributed by atoms with van der Waals surface area (Å²) in [6.45, 7) is 0.509. The Hall–Kier alpha value is -2.93. The summed E-state index contributed by atoms with van der Waals surface area (Å²) in [5, 5.41) is 14.1. The zero-order valence-corrected chi connectivity index (χ0v) is 12.6. The van der Waals surface area contributed by atoms with E-state index in [0.29, 0.717) is 17.3 Å². The molecule has 0 aliphatic rings. The number of pyridine rings is 1. The average Bonchev–Trinajstić information content (AvgIpc) is 3.08. The molecule has 0 atom stereocenters. The van der Waals surface area contributed by atoms with Crippen LogP contribution in [0.2, 0.25) is 5.02 Å². The third-order valence-electron chi connectivity index (χ3n) is 3.22. The Morgan fingerprint density at radius 3 is 2.78 bits per heavy atom. The van der Waals surface area contributed by atoms with Gasteiger partial charge in [-0.05, 0) is 17.7 Å². The fraction of sp³-hybridized carbons (Fsp3) is 0.0667. The van der Waals surface area contributed by atoms with Crippen LogP contribution in [0.4, 0.5) is 11.4 Å². The molecule has 0 fully saturated rings. The van der Waals surface area contributed by atoms with E-state index in [1.165, 1.54) is 12.1 Å². The lowest BCUT2D eigenvalue weighted by Gasteiger charge is -2.09. The van der Waals surface area contributed by atoms with Gasteiger partial charge in [0.05, 0.1) is 15.6 Å². The van der Waals surface area contributed by atoms with Gasteiger partial charge in [-0.15, -0.1) is 0 Å². The Labute approximate surface area is 136 Å². The second-order valence-electron chi connectivity index (χ2n) is 4.77. The van der Waals surface area contributed by atoms with Gasteiger partial charge >= 0.3 is 0 Å². The van der Waals surface area contributed by atoms with E-state index < -0.39 is 4.92 Å². The first kappa shape index (κ1) is 15.0. The molecule has 0 aliphatic heterocycles. The van der Waals surface area contributed by atoms with Crippen LogP contribution < -0.4 is 5.32 Å². The molecule has 7 nitrogen and oxygen atoms in total. The maximum atomic E-state index is 10.7. The van der Waals surface area contributed by atoms with Crippen molar-refractivity contribution in [2.45, 2.75) is 6.54 Å². The molecule has 0 aliphatic carbocycles. The van der Waals surface area contributed by atoms with Gasteiger partial charge in [-0.25, -0.2) is 9.97 Å². The molecule has 116 valence electrons. The molecule has 23 heavy (non-hydrogen) atoms. The van der Waals surface area contributed by atoms with Gasteiger partial charge in [-0.3, -0.25) is 14.7 Å². The summed E-state index contributed by atoms with van der Waals surface area (Å²) in [5.41, 5.74) is 1.56. The average molecular weight is 330 g/mol. The standard InChI is InChI=1S/C15H12ClN5O2/c16-13-7-12(21(22)23)2-3-14(13)18-8-11-1-4-15(19-9-11)20-6-5-17-10-20/h1-7,9-10,18H,8H2. The Kier molecular flexibility index (Phi) is 4.20. The predicted molar refractivity (Wildman–Crippen MR) is 86.8 cm³/mol. The normalized spacial score (nSPS) is 10.5. The topological polar surface area (TPSA) is 85.9 Å². The van der Waals surface area contributed by atoms with Crippen molar-refractivity contribution in [3.8, 4) is 5.82 Å². The monoisotopic (exact) mass is 329 g/mol. The third-order valence-corrected chi connectivity index (χ3v) is 3.54. The molecule has 3 aromatic rings. The summed E-state index contributed by atoms with van der Waals surface area (Å²) in [6.07, 6.45) is 6.93. The van der Waals surface area contributed by atoms with Crippen LogP contribution in [0, 0.1) is 10.1 Å². The Morgan fingerprint density at radius 2 is 2.17 bits per heavy atom. The van der Waals surface area contributed by atoms with Gasteiger partial charge in [-0.2, -0.15) is 0 Å². The van der Waals surface area contributed by atoms with E-state index in [4.69, 9.17) is 11.6 Å². The highest BCUT2D eigenvalue weighted by atomic mass is 35.5. The predicted octanol–water partition coefficient (Wildman–Crippen LogP) is 3.44. The van der Waals surface area contributed by atoms with E-state index in [2.05, 4.69) is 15.3 Å². The molecule has 0 spiro atoms. The number of hydrogen-bond donors (Lipinski definition) is 1. The maximum Gasteiger partial charge on any atom is 0.271 e. The molecule has 0 amide bonds. The second-order valence-corrected chi connectivity index (χ2v) is 5.18. The molecular formula is C15H12ClN5O2. The number of non-ortho nitro benzene ring substituents is 1. The molecule has 1 N–H and O–H groups in total. The van der Waals surface area contributed by atoms with E-state index in [1.807, 2.05) is 22.9 Å². The van der Waals surface area contributed by atoms with Gasteiger partial charge in [0.1, 0.15) is 12.1 Å². The lowest BCUT2D eigenvalue weighted by Crippen LogP contribution is -2.02. The van der Waals surface area contributed by atoms with Crippen molar-refractivity contribution >= 4 is 23.0 Å². The Morgan fingerprint density at radius 1 is 1.30 bits per heavy atom. The summed E-state index contributed by atoms with van der Waals surface area (Å²) in [7, 11) is 0. The van der Waals surface area contributed by atoms with Crippen LogP contribution in [0.5, 0.6) is 0 Å². The van der Waals surface area contributed by atoms with Crippen molar-refractivity contribution in [3.63, 3.8) is 0 Å². The molecule has 0 unspecified atom stereocenters. The highest BCUT2D eigenvalue weighted by Crippen LogP contribution is 2.27. The van der Waals surface area contributed by atoms with Crippen LogP contribution in [0.25, 0.3) is 5.82 Å². The lowest BCUT2D eigenvalue weighted by molar-refractivity contribution is -0.384. The number of nitro benzene ring substituents is 1. The number of nitrogens with one attached hydrogen (secondary N) is 1. The smallest absolute Gasteiger partial charge is 0.271 e. The molecule has 0 bridgehead atoms.